The SMILES string of the molecule is CC(C)(C)C(=O)N1CCC(c2cc(CCc3ccc(Cl)s3)n(C(=O)c3ccsc3)n2)CC1. The first-order valence-corrected chi connectivity index (χ1v) is 13.1. The van der Waals surface area contributed by atoms with E-state index in [2.05, 4.69) is 6.07 Å². The van der Waals surface area contributed by atoms with Crippen molar-refractivity contribution < 1.29 is 9.59 Å². The summed E-state index contributed by atoms with van der Waals surface area (Å²) in [6, 6.07) is 7.88. The van der Waals surface area contributed by atoms with Crippen molar-refractivity contribution in [3.63, 3.8) is 0 Å². The zero-order valence-electron chi connectivity index (χ0n) is 18.6. The van der Waals surface area contributed by atoms with Gasteiger partial charge in [-0.05, 0) is 55.3 Å². The maximum atomic E-state index is 13.1. The maximum Gasteiger partial charge on any atom is 0.279 e. The summed E-state index contributed by atoms with van der Waals surface area (Å²) in [6.45, 7) is 7.36. The number of thiophene rings is 2. The number of likely N-dealkylation sites (tertiary alicyclic amines) is 1. The van der Waals surface area contributed by atoms with Crippen molar-refractivity contribution in [3.8, 4) is 0 Å². The smallest absolute Gasteiger partial charge is 0.279 e. The molecule has 3 aromatic heterocycles. The molecule has 0 saturated carbocycles. The van der Waals surface area contributed by atoms with E-state index in [1.165, 1.54) is 16.2 Å². The van der Waals surface area contributed by atoms with Crippen LogP contribution in [0.2, 0.25) is 4.34 Å². The largest absolute Gasteiger partial charge is 0.342 e. The molecule has 0 bridgehead atoms. The minimum Gasteiger partial charge on any atom is -0.342 e. The molecule has 0 atom stereocenters. The molecule has 3 aromatic rings. The summed E-state index contributed by atoms with van der Waals surface area (Å²) >= 11 is 9.16. The number of carbonyl (C=O) groups excluding carboxylic acids is 2. The Morgan fingerprint density at radius 2 is 1.91 bits per heavy atom. The second-order valence-electron chi connectivity index (χ2n) is 9.31. The van der Waals surface area contributed by atoms with Gasteiger partial charge in [-0.2, -0.15) is 16.4 Å². The lowest BCUT2D eigenvalue weighted by Gasteiger charge is -2.35. The number of amides is 1. The van der Waals surface area contributed by atoms with Crippen LogP contribution in [0.5, 0.6) is 0 Å². The number of carbonyl (C=O) groups is 2. The highest BCUT2D eigenvalue weighted by Gasteiger charge is 2.32. The van der Waals surface area contributed by atoms with Gasteiger partial charge in [-0.1, -0.05) is 32.4 Å². The number of hydrogen-bond donors (Lipinski definition) is 0. The Labute approximate surface area is 202 Å². The summed E-state index contributed by atoms with van der Waals surface area (Å²) in [5.41, 5.74) is 2.18. The van der Waals surface area contributed by atoms with Crippen LogP contribution in [0.15, 0.2) is 35.0 Å². The van der Waals surface area contributed by atoms with E-state index in [9.17, 15) is 9.59 Å². The van der Waals surface area contributed by atoms with Crippen LogP contribution in [0.25, 0.3) is 0 Å². The van der Waals surface area contributed by atoms with Gasteiger partial charge in [0.15, 0.2) is 0 Å². The van der Waals surface area contributed by atoms with Crippen molar-refractivity contribution in [2.24, 2.45) is 5.41 Å². The van der Waals surface area contributed by atoms with Crippen LogP contribution in [0.1, 0.15) is 66.2 Å². The van der Waals surface area contributed by atoms with Crippen LogP contribution in [0, 0.1) is 5.41 Å². The predicted molar refractivity (Wildman–Crippen MR) is 131 cm³/mol. The summed E-state index contributed by atoms with van der Waals surface area (Å²) in [6.07, 6.45) is 3.27. The molecule has 1 fully saturated rings. The van der Waals surface area contributed by atoms with Crippen molar-refractivity contribution in [2.75, 3.05) is 13.1 Å². The van der Waals surface area contributed by atoms with Crippen LogP contribution >= 0.6 is 34.3 Å². The summed E-state index contributed by atoms with van der Waals surface area (Å²) in [4.78, 5) is 28.9. The van der Waals surface area contributed by atoms with Crippen molar-refractivity contribution in [1.82, 2.24) is 14.7 Å². The average molecular weight is 490 g/mol. The first kappa shape index (κ1) is 23.2. The molecule has 0 aromatic carbocycles. The van der Waals surface area contributed by atoms with E-state index < -0.39 is 0 Å². The van der Waals surface area contributed by atoms with E-state index in [1.807, 2.05) is 54.6 Å². The van der Waals surface area contributed by atoms with Crippen molar-refractivity contribution >= 4 is 46.1 Å². The number of aromatic nitrogens is 2. The number of nitrogens with zero attached hydrogens (tertiary/aromatic N) is 3. The zero-order chi connectivity index (χ0) is 22.9. The van der Waals surface area contributed by atoms with Crippen molar-refractivity contribution in [2.45, 2.75) is 52.4 Å². The van der Waals surface area contributed by atoms with Crippen LogP contribution in [0.3, 0.4) is 0 Å². The van der Waals surface area contributed by atoms with Gasteiger partial charge in [-0.15, -0.1) is 11.3 Å². The lowest BCUT2D eigenvalue weighted by Crippen LogP contribution is -2.43. The number of aryl methyl sites for hydroxylation is 2. The molecule has 0 aliphatic carbocycles. The van der Waals surface area contributed by atoms with E-state index in [4.69, 9.17) is 16.7 Å². The molecule has 1 aliphatic rings. The fourth-order valence-corrected chi connectivity index (χ4v) is 5.81. The van der Waals surface area contributed by atoms with Crippen LogP contribution in [0.4, 0.5) is 0 Å². The molecular weight excluding hydrogens is 462 g/mol. The van der Waals surface area contributed by atoms with Gasteiger partial charge >= 0.3 is 0 Å². The van der Waals surface area contributed by atoms with Crippen LogP contribution in [-0.4, -0.2) is 39.6 Å². The fourth-order valence-electron chi connectivity index (χ4n) is 4.09. The lowest BCUT2D eigenvalue weighted by atomic mass is 9.89. The van der Waals surface area contributed by atoms with Crippen molar-refractivity contribution in [3.05, 3.63) is 61.2 Å². The minimum absolute atomic E-state index is 0.0861. The lowest BCUT2D eigenvalue weighted by molar-refractivity contribution is -0.140. The molecular formula is C24H28ClN3O2S2. The molecule has 1 amide bonds. The molecule has 4 rings (SSSR count). The monoisotopic (exact) mass is 489 g/mol. The standard InChI is InChI=1S/C24H28ClN3O2S2/c1-24(2,3)23(30)27-11-8-16(9-12-27)20-14-18(4-5-19-6-7-21(25)32-19)28(26-20)22(29)17-10-13-31-15-17/h6-7,10,13-16H,4-5,8-9,11-12H2,1-3H3. The molecule has 0 unspecified atom stereocenters. The quantitative estimate of drug-likeness (QED) is 0.449. The molecule has 8 heteroatoms. The van der Waals surface area contributed by atoms with Gasteiger partial charge in [0.25, 0.3) is 5.91 Å². The second kappa shape index (κ2) is 9.49. The minimum atomic E-state index is -0.362. The summed E-state index contributed by atoms with van der Waals surface area (Å²) < 4.78 is 2.36. The van der Waals surface area contributed by atoms with Crippen molar-refractivity contribution in [1.29, 1.82) is 0 Å². The van der Waals surface area contributed by atoms with Crippen LogP contribution in [-0.2, 0) is 17.6 Å². The number of rotatable bonds is 5. The summed E-state index contributed by atoms with van der Waals surface area (Å²) in [5.74, 6) is 0.368. The number of hydrogen-bond acceptors (Lipinski definition) is 5. The molecule has 32 heavy (non-hydrogen) atoms. The first-order chi connectivity index (χ1) is 15.2. The van der Waals surface area contributed by atoms with Gasteiger partial charge in [-0.3, -0.25) is 9.59 Å². The molecule has 0 radical (unpaired) electrons. The molecule has 0 spiro atoms. The van der Waals surface area contributed by atoms with Gasteiger partial charge in [0.05, 0.1) is 15.6 Å². The van der Waals surface area contributed by atoms with E-state index in [0.29, 0.717) is 5.56 Å². The van der Waals surface area contributed by atoms with Crippen LogP contribution < -0.4 is 0 Å². The molecule has 170 valence electrons. The average Bonchev–Trinajstić information content (AvgIpc) is 3.51. The summed E-state index contributed by atoms with van der Waals surface area (Å²) in [7, 11) is 0. The Balaban J connectivity index is 1.52. The Morgan fingerprint density at radius 1 is 1.16 bits per heavy atom. The molecule has 1 aliphatic heterocycles. The number of piperidine rings is 1. The zero-order valence-corrected chi connectivity index (χ0v) is 21.0. The molecule has 5 nitrogen and oxygen atoms in total. The molecule has 4 heterocycles. The normalized spacial score (nSPS) is 15.3. The third-order valence-corrected chi connectivity index (χ3v) is 7.84. The molecule has 1 saturated heterocycles. The Bertz CT molecular complexity index is 1090. The number of halogens is 1. The van der Waals surface area contributed by atoms with E-state index >= 15 is 0 Å². The highest BCUT2D eigenvalue weighted by molar-refractivity contribution is 7.16. The van der Waals surface area contributed by atoms with E-state index in [0.717, 1.165) is 54.5 Å². The molecule has 0 N–H and O–H groups in total. The first-order valence-electron chi connectivity index (χ1n) is 10.9. The van der Waals surface area contributed by atoms with Gasteiger partial charge in [0, 0.05) is 40.4 Å². The maximum absolute atomic E-state index is 13.1. The highest BCUT2D eigenvalue weighted by atomic mass is 35.5. The Kier molecular flexibility index (Phi) is 6.89. The van der Waals surface area contributed by atoms with Gasteiger partial charge < -0.3 is 4.90 Å². The predicted octanol–water partition coefficient (Wildman–Crippen LogP) is 5.89. The van der Waals surface area contributed by atoms with E-state index in [-0.39, 0.29) is 23.1 Å². The Hall–Kier alpha value is -1.96. The topological polar surface area (TPSA) is 55.2 Å². The highest BCUT2D eigenvalue weighted by Crippen LogP contribution is 2.31. The summed E-state index contributed by atoms with van der Waals surface area (Å²) in [5, 5.41) is 8.55. The Morgan fingerprint density at radius 3 is 2.50 bits per heavy atom. The van der Waals surface area contributed by atoms with E-state index in [1.54, 1.807) is 16.0 Å². The van der Waals surface area contributed by atoms with Gasteiger partial charge in [0.2, 0.25) is 5.91 Å². The van der Waals surface area contributed by atoms with Gasteiger partial charge in [-0.25, -0.2) is 4.68 Å². The second-order valence-corrected chi connectivity index (χ2v) is 11.9. The third kappa shape index (κ3) is 5.16. The van der Waals surface area contributed by atoms with Gasteiger partial charge in [0.1, 0.15) is 0 Å². The fraction of sp³-hybridized carbons (Fsp3) is 0.458. The third-order valence-electron chi connectivity index (χ3n) is 5.86.